The maximum absolute atomic E-state index is 9.31. The molecule has 96 valence electrons. The molecule has 0 saturated heterocycles. The summed E-state index contributed by atoms with van der Waals surface area (Å²) in [7, 11) is 1.62. The number of benzene rings is 1. The van der Waals surface area contributed by atoms with Crippen LogP contribution < -0.4 is 15.8 Å². The summed E-state index contributed by atoms with van der Waals surface area (Å²) >= 11 is 0. The van der Waals surface area contributed by atoms with Crippen LogP contribution in [0.3, 0.4) is 0 Å². The number of rotatable bonds is 4. The molecule has 1 heterocycles. The fourth-order valence-corrected chi connectivity index (χ4v) is 1.85. The van der Waals surface area contributed by atoms with Crippen molar-refractivity contribution in [3.05, 3.63) is 24.4 Å². The number of nitrogens with one attached hydrogen (secondary N) is 1. The van der Waals surface area contributed by atoms with E-state index in [1.165, 1.54) is 0 Å². The first-order valence-electron chi connectivity index (χ1n) is 5.76. The summed E-state index contributed by atoms with van der Waals surface area (Å²) < 4.78 is 5.30. The number of fused-ring (bicyclic) bond motifs is 1. The predicted octanol–water partition coefficient (Wildman–Crippen LogP) is 1.62. The molecule has 18 heavy (non-hydrogen) atoms. The van der Waals surface area contributed by atoms with Crippen LogP contribution in [0, 0.1) is 0 Å². The maximum atomic E-state index is 9.31. The number of nitrogens with two attached hydrogens (primary N) is 1. The zero-order valence-electron chi connectivity index (χ0n) is 10.5. The number of nitrogen functional groups attached to an aromatic ring is 1. The van der Waals surface area contributed by atoms with Crippen molar-refractivity contribution in [2.24, 2.45) is 0 Å². The molecule has 0 spiro atoms. The van der Waals surface area contributed by atoms with E-state index in [0.717, 1.165) is 16.5 Å². The SMILES string of the molecule is COc1ccc(N)c2c(NCC(C)O)nccc12. The normalized spacial score (nSPS) is 12.4. The van der Waals surface area contributed by atoms with Crippen molar-refractivity contribution in [1.29, 1.82) is 0 Å². The van der Waals surface area contributed by atoms with Gasteiger partial charge in [0, 0.05) is 23.8 Å². The molecule has 2 rings (SSSR count). The molecule has 0 aliphatic rings. The molecule has 5 nitrogen and oxygen atoms in total. The number of hydrogen-bond acceptors (Lipinski definition) is 5. The summed E-state index contributed by atoms with van der Waals surface area (Å²) in [5.74, 6) is 1.41. The second-order valence-corrected chi connectivity index (χ2v) is 4.17. The highest BCUT2D eigenvalue weighted by Gasteiger charge is 2.10. The Kier molecular flexibility index (Phi) is 3.53. The highest BCUT2D eigenvalue weighted by molar-refractivity contribution is 6.03. The third-order valence-corrected chi connectivity index (χ3v) is 2.70. The van der Waals surface area contributed by atoms with Gasteiger partial charge in [0.1, 0.15) is 11.6 Å². The molecule has 0 radical (unpaired) electrons. The van der Waals surface area contributed by atoms with Crippen molar-refractivity contribution in [2.75, 3.05) is 24.7 Å². The second kappa shape index (κ2) is 5.10. The molecule has 1 atom stereocenters. The quantitative estimate of drug-likeness (QED) is 0.715. The van der Waals surface area contributed by atoms with Gasteiger partial charge in [-0.2, -0.15) is 0 Å². The third-order valence-electron chi connectivity index (χ3n) is 2.70. The van der Waals surface area contributed by atoms with Gasteiger partial charge >= 0.3 is 0 Å². The Bertz CT molecular complexity index is 555. The molecule has 0 aliphatic heterocycles. The summed E-state index contributed by atoms with van der Waals surface area (Å²) in [5, 5.41) is 14.1. The zero-order valence-corrected chi connectivity index (χ0v) is 10.5. The molecule has 0 saturated carbocycles. The van der Waals surface area contributed by atoms with Crippen molar-refractivity contribution in [2.45, 2.75) is 13.0 Å². The fraction of sp³-hybridized carbons (Fsp3) is 0.308. The molecule has 0 aliphatic carbocycles. The Balaban J connectivity index is 2.53. The van der Waals surface area contributed by atoms with Gasteiger partial charge in [0.15, 0.2) is 0 Å². The third kappa shape index (κ3) is 2.31. The first-order chi connectivity index (χ1) is 8.63. The Hall–Kier alpha value is -2.01. The minimum atomic E-state index is -0.450. The topological polar surface area (TPSA) is 80.4 Å². The summed E-state index contributed by atoms with van der Waals surface area (Å²) in [4.78, 5) is 4.26. The number of pyridine rings is 1. The number of aliphatic hydroxyl groups excluding tert-OH is 1. The molecular formula is C13H17N3O2. The Morgan fingerprint density at radius 3 is 2.89 bits per heavy atom. The Labute approximate surface area is 106 Å². The average molecular weight is 247 g/mol. The van der Waals surface area contributed by atoms with Crippen molar-refractivity contribution < 1.29 is 9.84 Å². The summed E-state index contributed by atoms with van der Waals surface area (Å²) in [6.45, 7) is 2.13. The monoisotopic (exact) mass is 247 g/mol. The lowest BCUT2D eigenvalue weighted by molar-refractivity contribution is 0.208. The van der Waals surface area contributed by atoms with Crippen LogP contribution in [0.15, 0.2) is 24.4 Å². The second-order valence-electron chi connectivity index (χ2n) is 4.17. The van der Waals surface area contributed by atoms with Crippen LogP contribution in [0.4, 0.5) is 11.5 Å². The Morgan fingerprint density at radius 1 is 1.44 bits per heavy atom. The van der Waals surface area contributed by atoms with Crippen molar-refractivity contribution in [3.8, 4) is 5.75 Å². The first-order valence-corrected chi connectivity index (χ1v) is 5.76. The molecular weight excluding hydrogens is 230 g/mol. The van der Waals surface area contributed by atoms with Gasteiger partial charge in [-0.1, -0.05) is 0 Å². The minimum Gasteiger partial charge on any atom is -0.496 e. The van der Waals surface area contributed by atoms with Gasteiger partial charge in [0.05, 0.1) is 18.6 Å². The van der Waals surface area contributed by atoms with Gasteiger partial charge in [-0.05, 0) is 25.1 Å². The predicted molar refractivity (Wildman–Crippen MR) is 72.9 cm³/mol. The number of nitrogens with zero attached hydrogens (tertiary/aromatic N) is 1. The van der Waals surface area contributed by atoms with E-state index in [1.54, 1.807) is 26.3 Å². The van der Waals surface area contributed by atoms with Crippen LogP contribution in [0.1, 0.15) is 6.92 Å². The van der Waals surface area contributed by atoms with E-state index >= 15 is 0 Å². The molecule has 0 fully saturated rings. The van der Waals surface area contributed by atoms with Gasteiger partial charge in [-0.15, -0.1) is 0 Å². The molecule has 1 aromatic carbocycles. The number of aromatic nitrogens is 1. The van der Waals surface area contributed by atoms with Gasteiger partial charge in [0.25, 0.3) is 0 Å². The molecule has 0 bridgehead atoms. The molecule has 5 heteroatoms. The summed E-state index contributed by atoms with van der Waals surface area (Å²) in [5.41, 5.74) is 6.62. The van der Waals surface area contributed by atoms with E-state index in [0.29, 0.717) is 18.1 Å². The van der Waals surface area contributed by atoms with Crippen LogP contribution >= 0.6 is 0 Å². The van der Waals surface area contributed by atoms with Crippen molar-refractivity contribution in [3.63, 3.8) is 0 Å². The molecule has 0 amide bonds. The number of ether oxygens (including phenoxy) is 1. The Morgan fingerprint density at radius 2 is 2.22 bits per heavy atom. The highest BCUT2D eigenvalue weighted by Crippen LogP contribution is 2.33. The van der Waals surface area contributed by atoms with E-state index in [9.17, 15) is 5.11 Å². The van der Waals surface area contributed by atoms with Crippen LogP contribution in [-0.4, -0.2) is 29.8 Å². The van der Waals surface area contributed by atoms with E-state index < -0.39 is 6.10 Å². The summed E-state index contributed by atoms with van der Waals surface area (Å²) in [6, 6.07) is 5.48. The fourth-order valence-electron chi connectivity index (χ4n) is 1.85. The standard InChI is InChI=1S/C13H17N3O2/c1-8(17)7-16-13-12-9(5-6-15-13)11(18-2)4-3-10(12)14/h3-6,8,17H,7,14H2,1-2H3,(H,15,16). The number of aliphatic hydroxyl groups is 1. The van der Waals surface area contributed by atoms with Crippen LogP contribution in [-0.2, 0) is 0 Å². The number of anilines is 2. The van der Waals surface area contributed by atoms with E-state index in [1.807, 2.05) is 12.1 Å². The smallest absolute Gasteiger partial charge is 0.136 e. The lowest BCUT2D eigenvalue weighted by Crippen LogP contribution is -2.16. The van der Waals surface area contributed by atoms with Crippen LogP contribution in [0.2, 0.25) is 0 Å². The first kappa shape index (κ1) is 12.4. The van der Waals surface area contributed by atoms with Crippen LogP contribution in [0.25, 0.3) is 10.8 Å². The van der Waals surface area contributed by atoms with E-state index in [2.05, 4.69) is 10.3 Å². The van der Waals surface area contributed by atoms with Crippen molar-refractivity contribution in [1.82, 2.24) is 4.98 Å². The van der Waals surface area contributed by atoms with Gasteiger partial charge in [0.2, 0.25) is 0 Å². The van der Waals surface area contributed by atoms with Gasteiger partial charge in [-0.25, -0.2) is 4.98 Å². The number of methoxy groups -OCH3 is 1. The lowest BCUT2D eigenvalue weighted by atomic mass is 10.1. The average Bonchev–Trinajstić information content (AvgIpc) is 2.36. The molecule has 1 unspecified atom stereocenters. The minimum absolute atomic E-state index is 0.419. The highest BCUT2D eigenvalue weighted by atomic mass is 16.5. The zero-order chi connectivity index (χ0) is 13.1. The number of hydrogen-bond donors (Lipinski definition) is 3. The van der Waals surface area contributed by atoms with Gasteiger partial charge in [-0.3, -0.25) is 0 Å². The van der Waals surface area contributed by atoms with Crippen LogP contribution in [0.5, 0.6) is 5.75 Å². The van der Waals surface area contributed by atoms with Gasteiger partial charge < -0.3 is 20.9 Å². The summed E-state index contributed by atoms with van der Waals surface area (Å²) in [6.07, 6.45) is 1.24. The molecule has 1 aromatic heterocycles. The largest absolute Gasteiger partial charge is 0.496 e. The molecule has 4 N–H and O–H groups in total. The van der Waals surface area contributed by atoms with E-state index in [4.69, 9.17) is 10.5 Å². The van der Waals surface area contributed by atoms with E-state index in [-0.39, 0.29) is 0 Å². The lowest BCUT2D eigenvalue weighted by Gasteiger charge is -2.13. The molecule has 2 aromatic rings. The van der Waals surface area contributed by atoms with Crippen molar-refractivity contribution >= 4 is 22.3 Å². The maximum Gasteiger partial charge on any atom is 0.136 e.